The van der Waals surface area contributed by atoms with Crippen LogP contribution in [0, 0.1) is 11.2 Å². The number of fused-ring (bicyclic) bond motifs is 1. The van der Waals surface area contributed by atoms with Gasteiger partial charge in [0, 0.05) is 10.9 Å². The zero-order valence-corrected chi connectivity index (χ0v) is 12.0. The smallest absolute Gasteiger partial charge is 0.161 e. The normalized spacial score (nSPS) is 28.7. The summed E-state index contributed by atoms with van der Waals surface area (Å²) in [4.78, 5) is 1.63. The van der Waals surface area contributed by atoms with E-state index >= 15 is 0 Å². The topological polar surface area (TPSA) is 61.2 Å². The Morgan fingerprint density at radius 2 is 2.16 bits per heavy atom. The number of nitrogens with one attached hydrogen (secondary N) is 1. The first-order valence-corrected chi connectivity index (χ1v) is 8.65. The van der Waals surface area contributed by atoms with Gasteiger partial charge in [-0.1, -0.05) is 23.4 Å². The molecule has 0 bridgehead atoms. The number of thioether (sulfide) groups is 1. The molecule has 0 radical (unpaired) electrons. The number of sulfone groups is 1. The number of hydrogen-bond acceptors (Lipinski definition) is 4. The first kappa shape index (κ1) is 13.2. The van der Waals surface area contributed by atoms with E-state index in [1.165, 1.54) is 30.0 Å². The number of hydrogen-bond donors (Lipinski definition) is 1. The maximum Gasteiger partial charge on any atom is 0.161 e. The molecular weight excluding hydrogens is 311 g/mol. The van der Waals surface area contributed by atoms with Crippen LogP contribution in [-0.4, -0.2) is 36.4 Å². The van der Waals surface area contributed by atoms with Gasteiger partial charge in [-0.25, -0.2) is 12.8 Å². The van der Waals surface area contributed by atoms with Crippen molar-refractivity contribution in [3.05, 3.63) is 29.0 Å². The molecule has 0 aromatic heterocycles. The van der Waals surface area contributed by atoms with E-state index in [1.807, 2.05) is 0 Å². The van der Waals surface area contributed by atoms with Crippen molar-refractivity contribution in [2.75, 3.05) is 16.4 Å². The lowest BCUT2D eigenvalue weighted by molar-refractivity contribution is 0.601. The lowest BCUT2D eigenvalue weighted by atomic mass is 10.2. The average molecular weight is 321 g/mol. The molecule has 1 aromatic rings. The minimum atomic E-state index is -3.05. The molecule has 2 aliphatic heterocycles. The van der Waals surface area contributed by atoms with Crippen molar-refractivity contribution in [2.45, 2.75) is 11.3 Å². The highest BCUT2D eigenvalue weighted by atomic mass is 35.5. The molecule has 2 heterocycles. The van der Waals surface area contributed by atoms with Gasteiger partial charge in [0.1, 0.15) is 5.82 Å². The molecule has 8 heteroatoms. The summed E-state index contributed by atoms with van der Waals surface area (Å²) in [6.45, 7) is 0. The first-order chi connectivity index (χ1) is 8.87. The maximum absolute atomic E-state index is 13.2. The molecule has 1 aromatic carbocycles. The van der Waals surface area contributed by atoms with Crippen LogP contribution >= 0.6 is 23.4 Å². The van der Waals surface area contributed by atoms with E-state index in [2.05, 4.69) is 0 Å². The zero-order chi connectivity index (χ0) is 13.8. The van der Waals surface area contributed by atoms with Crippen LogP contribution in [0.4, 0.5) is 10.1 Å². The lowest BCUT2D eigenvalue weighted by Gasteiger charge is -2.24. The molecule has 0 amide bonds. The number of nitrogens with zero attached hydrogens (tertiary/aromatic N) is 1. The second-order valence-electron chi connectivity index (χ2n) is 4.57. The molecule has 19 heavy (non-hydrogen) atoms. The highest BCUT2D eigenvalue weighted by Crippen LogP contribution is 2.40. The second-order valence-corrected chi connectivity index (χ2v) is 8.36. The Bertz CT molecular complexity index is 665. The summed E-state index contributed by atoms with van der Waals surface area (Å²) in [7, 11) is -3.05. The van der Waals surface area contributed by atoms with Gasteiger partial charge in [0.25, 0.3) is 0 Å². The standard InChI is InChI=1S/C11H10ClFN2O2S2/c12-7-3-6(1-2-8(7)13)15-9-4-19(16,17)5-10(9)18-11(15)14/h1-3,9-10,14H,4-5H2/t9-,10-/m1/s1. The highest BCUT2D eigenvalue weighted by Gasteiger charge is 2.48. The summed E-state index contributed by atoms with van der Waals surface area (Å²) in [5.41, 5.74) is 0.563. The minimum absolute atomic E-state index is 0.0281. The van der Waals surface area contributed by atoms with Gasteiger partial charge < -0.3 is 4.90 Å². The Kier molecular flexibility index (Phi) is 3.03. The summed E-state index contributed by atoms with van der Waals surface area (Å²) in [5.74, 6) is -0.405. The predicted octanol–water partition coefficient (Wildman–Crippen LogP) is 2.13. The van der Waals surface area contributed by atoms with Gasteiger partial charge in [0.2, 0.25) is 0 Å². The van der Waals surface area contributed by atoms with Crippen molar-refractivity contribution in [2.24, 2.45) is 0 Å². The van der Waals surface area contributed by atoms with Crippen LogP contribution < -0.4 is 4.90 Å². The van der Waals surface area contributed by atoms with Crippen molar-refractivity contribution in [1.29, 1.82) is 5.41 Å². The van der Waals surface area contributed by atoms with Gasteiger partial charge in [0.15, 0.2) is 15.0 Å². The van der Waals surface area contributed by atoms with Crippen LogP contribution in [0.3, 0.4) is 0 Å². The number of rotatable bonds is 1. The van der Waals surface area contributed by atoms with E-state index in [1.54, 1.807) is 4.90 Å². The molecular formula is C11H10ClFN2O2S2. The van der Waals surface area contributed by atoms with Crippen molar-refractivity contribution in [3.63, 3.8) is 0 Å². The van der Waals surface area contributed by atoms with Crippen molar-refractivity contribution in [3.8, 4) is 0 Å². The summed E-state index contributed by atoms with van der Waals surface area (Å²) < 4.78 is 36.5. The van der Waals surface area contributed by atoms with E-state index in [9.17, 15) is 12.8 Å². The zero-order valence-electron chi connectivity index (χ0n) is 9.64. The number of halogens is 2. The molecule has 0 unspecified atom stereocenters. The van der Waals surface area contributed by atoms with Gasteiger partial charge in [-0.15, -0.1) is 0 Å². The second kappa shape index (κ2) is 4.36. The quantitative estimate of drug-likeness (QED) is 0.861. The van der Waals surface area contributed by atoms with Gasteiger partial charge in [-0.2, -0.15) is 0 Å². The fourth-order valence-corrected chi connectivity index (χ4v) is 6.41. The van der Waals surface area contributed by atoms with Crippen LogP contribution in [0.25, 0.3) is 0 Å². The third-order valence-electron chi connectivity index (χ3n) is 3.27. The Hall–Kier alpha value is -0.790. The number of benzene rings is 1. The van der Waals surface area contributed by atoms with Crippen molar-refractivity contribution in [1.82, 2.24) is 0 Å². The third kappa shape index (κ3) is 2.23. The highest BCUT2D eigenvalue weighted by molar-refractivity contribution is 8.15. The van der Waals surface area contributed by atoms with Crippen LogP contribution in [0.15, 0.2) is 18.2 Å². The summed E-state index contributed by atoms with van der Waals surface area (Å²) in [5, 5.41) is 8.09. The fraction of sp³-hybridized carbons (Fsp3) is 0.364. The number of anilines is 1. The molecule has 4 nitrogen and oxygen atoms in total. The summed E-state index contributed by atoms with van der Waals surface area (Å²) in [6, 6.07) is 3.92. The summed E-state index contributed by atoms with van der Waals surface area (Å²) >= 11 is 6.99. The average Bonchev–Trinajstić information content (AvgIpc) is 2.73. The molecule has 0 spiro atoms. The van der Waals surface area contributed by atoms with Crippen LogP contribution in [0.2, 0.25) is 5.02 Å². The first-order valence-electron chi connectivity index (χ1n) is 5.57. The Morgan fingerprint density at radius 3 is 2.84 bits per heavy atom. The van der Waals surface area contributed by atoms with Crippen LogP contribution in [0.1, 0.15) is 0 Å². The molecule has 0 saturated carbocycles. The molecule has 2 atom stereocenters. The van der Waals surface area contributed by atoms with Gasteiger partial charge >= 0.3 is 0 Å². The molecule has 0 aliphatic carbocycles. The maximum atomic E-state index is 13.2. The molecule has 102 valence electrons. The van der Waals surface area contributed by atoms with Gasteiger partial charge in [-0.3, -0.25) is 5.41 Å². The summed E-state index contributed by atoms with van der Waals surface area (Å²) in [6.07, 6.45) is 0. The molecule has 2 fully saturated rings. The fourth-order valence-electron chi connectivity index (χ4n) is 2.44. The molecule has 3 rings (SSSR count). The SMILES string of the molecule is N=C1S[C@@H]2CS(=O)(=O)C[C@H]2N1c1ccc(F)c(Cl)c1. The number of amidine groups is 1. The van der Waals surface area contributed by atoms with E-state index in [0.717, 1.165) is 0 Å². The Labute approximate surface area is 119 Å². The van der Waals surface area contributed by atoms with Crippen LogP contribution in [0.5, 0.6) is 0 Å². The molecule has 1 N–H and O–H groups in total. The van der Waals surface area contributed by atoms with Crippen LogP contribution in [-0.2, 0) is 9.84 Å². The monoisotopic (exact) mass is 320 g/mol. The van der Waals surface area contributed by atoms with E-state index in [4.69, 9.17) is 17.0 Å². The van der Waals surface area contributed by atoms with Crippen molar-refractivity contribution >= 4 is 44.1 Å². The minimum Gasteiger partial charge on any atom is -0.316 e. The lowest BCUT2D eigenvalue weighted by Crippen LogP contribution is -2.37. The third-order valence-corrected chi connectivity index (χ3v) is 6.69. The van der Waals surface area contributed by atoms with Gasteiger partial charge in [0.05, 0.1) is 22.6 Å². The van der Waals surface area contributed by atoms with Gasteiger partial charge in [-0.05, 0) is 18.2 Å². The Balaban J connectivity index is 1.99. The molecule has 2 aliphatic rings. The van der Waals surface area contributed by atoms with E-state index in [-0.39, 0.29) is 33.0 Å². The van der Waals surface area contributed by atoms with E-state index in [0.29, 0.717) is 5.69 Å². The molecule has 2 saturated heterocycles. The largest absolute Gasteiger partial charge is 0.316 e. The van der Waals surface area contributed by atoms with E-state index < -0.39 is 15.7 Å². The van der Waals surface area contributed by atoms with Crippen molar-refractivity contribution < 1.29 is 12.8 Å². The Morgan fingerprint density at radius 1 is 1.42 bits per heavy atom. The predicted molar refractivity (Wildman–Crippen MR) is 75.4 cm³/mol.